The van der Waals surface area contributed by atoms with Crippen LogP contribution in [0.25, 0.3) is 0 Å². The topological polar surface area (TPSA) is 129 Å². The predicted molar refractivity (Wildman–Crippen MR) is 98.9 cm³/mol. The van der Waals surface area contributed by atoms with Gasteiger partial charge < -0.3 is 21.5 Å². The van der Waals surface area contributed by atoms with E-state index in [1.807, 2.05) is 30.3 Å². The molecule has 8 nitrogen and oxygen atoms in total. The standard InChI is InChI=1S/C17H15ClN6O2/c18-12-7-6-10(8-13(12)19)15(25)26-9-14-22-16(20)24-17(23-14)21-11-4-2-1-3-5-11/h1-8H,9,19H2,(H3,20,21,22,23,24). The number of nitrogens with zero attached hydrogens (tertiary/aromatic N) is 3. The molecule has 0 aliphatic carbocycles. The molecular formula is C17H15ClN6O2. The van der Waals surface area contributed by atoms with Gasteiger partial charge in [-0.2, -0.15) is 15.0 Å². The Bertz CT molecular complexity index is 936. The molecule has 9 heteroatoms. The fraction of sp³-hybridized carbons (Fsp3) is 0.0588. The van der Waals surface area contributed by atoms with Gasteiger partial charge in [0.15, 0.2) is 12.4 Å². The van der Waals surface area contributed by atoms with Gasteiger partial charge in [0.1, 0.15) is 0 Å². The van der Waals surface area contributed by atoms with Crippen molar-refractivity contribution in [3.8, 4) is 0 Å². The molecular weight excluding hydrogens is 356 g/mol. The van der Waals surface area contributed by atoms with Crippen molar-refractivity contribution >= 4 is 40.8 Å². The number of carbonyl (C=O) groups excluding carboxylic acids is 1. The summed E-state index contributed by atoms with van der Waals surface area (Å²) in [5.74, 6) is -0.0955. The van der Waals surface area contributed by atoms with E-state index in [1.165, 1.54) is 18.2 Å². The van der Waals surface area contributed by atoms with Crippen molar-refractivity contribution in [2.24, 2.45) is 0 Å². The number of rotatable bonds is 5. The Morgan fingerprint density at radius 3 is 2.58 bits per heavy atom. The number of carbonyl (C=O) groups is 1. The molecule has 3 aromatic rings. The number of para-hydroxylation sites is 1. The SMILES string of the molecule is Nc1nc(COC(=O)c2ccc(Cl)c(N)c2)nc(Nc2ccccc2)n1. The zero-order valence-corrected chi connectivity index (χ0v) is 14.3. The summed E-state index contributed by atoms with van der Waals surface area (Å²) < 4.78 is 5.20. The Kier molecular flexibility index (Phi) is 5.14. The van der Waals surface area contributed by atoms with Crippen LogP contribution in [0.3, 0.4) is 0 Å². The lowest BCUT2D eigenvalue weighted by molar-refractivity contribution is 0.0462. The summed E-state index contributed by atoms with van der Waals surface area (Å²) in [6.07, 6.45) is 0. The molecule has 0 saturated carbocycles. The zero-order chi connectivity index (χ0) is 18.5. The van der Waals surface area contributed by atoms with E-state index >= 15 is 0 Å². The molecule has 5 N–H and O–H groups in total. The normalized spacial score (nSPS) is 10.3. The van der Waals surface area contributed by atoms with Gasteiger partial charge in [-0.15, -0.1) is 0 Å². The molecule has 0 saturated heterocycles. The van der Waals surface area contributed by atoms with Gasteiger partial charge in [0, 0.05) is 5.69 Å². The number of ether oxygens (including phenoxy) is 1. The molecule has 0 aliphatic heterocycles. The Hall–Kier alpha value is -3.39. The number of hydrogen-bond donors (Lipinski definition) is 3. The number of halogens is 1. The van der Waals surface area contributed by atoms with E-state index in [-0.39, 0.29) is 29.9 Å². The fourth-order valence-electron chi connectivity index (χ4n) is 2.09. The average Bonchev–Trinajstić information content (AvgIpc) is 2.62. The molecule has 26 heavy (non-hydrogen) atoms. The Morgan fingerprint density at radius 2 is 1.85 bits per heavy atom. The van der Waals surface area contributed by atoms with Crippen molar-refractivity contribution in [1.29, 1.82) is 0 Å². The van der Waals surface area contributed by atoms with E-state index in [0.29, 0.717) is 10.7 Å². The Morgan fingerprint density at radius 1 is 1.08 bits per heavy atom. The van der Waals surface area contributed by atoms with Gasteiger partial charge in [0.2, 0.25) is 11.9 Å². The molecule has 2 aromatic carbocycles. The summed E-state index contributed by atoms with van der Waals surface area (Å²) in [6.45, 7) is -0.169. The number of esters is 1. The van der Waals surface area contributed by atoms with Crippen molar-refractivity contribution in [3.05, 3.63) is 64.9 Å². The van der Waals surface area contributed by atoms with Crippen molar-refractivity contribution in [1.82, 2.24) is 15.0 Å². The van der Waals surface area contributed by atoms with Gasteiger partial charge >= 0.3 is 5.97 Å². The third kappa shape index (κ3) is 4.37. The molecule has 1 aromatic heterocycles. The maximum absolute atomic E-state index is 12.1. The third-order valence-electron chi connectivity index (χ3n) is 3.29. The van der Waals surface area contributed by atoms with Crippen molar-refractivity contribution < 1.29 is 9.53 Å². The number of anilines is 4. The first-order chi connectivity index (χ1) is 12.5. The minimum atomic E-state index is -0.579. The molecule has 3 rings (SSSR count). The lowest BCUT2D eigenvalue weighted by Gasteiger charge is -2.08. The Balaban J connectivity index is 1.69. The number of nitrogens with one attached hydrogen (secondary N) is 1. The second-order valence-corrected chi connectivity index (χ2v) is 5.64. The molecule has 0 spiro atoms. The molecule has 0 aliphatic rings. The maximum atomic E-state index is 12.1. The fourth-order valence-corrected chi connectivity index (χ4v) is 2.21. The highest BCUT2D eigenvalue weighted by atomic mass is 35.5. The second-order valence-electron chi connectivity index (χ2n) is 5.24. The van der Waals surface area contributed by atoms with E-state index in [9.17, 15) is 4.79 Å². The number of hydrogen-bond acceptors (Lipinski definition) is 8. The van der Waals surface area contributed by atoms with Gasteiger partial charge in [0.25, 0.3) is 0 Å². The lowest BCUT2D eigenvalue weighted by Crippen LogP contribution is -2.11. The summed E-state index contributed by atoms with van der Waals surface area (Å²) in [4.78, 5) is 24.3. The number of nitrogen functional groups attached to an aromatic ring is 2. The largest absolute Gasteiger partial charge is 0.454 e. The summed E-state index contributed by atoms with van der Waals surface area (Å²) >= 11 is 5.83. The lowest BCUT2D eigenvalue weighted by atomic mass is 10.2. The second kappa shape index (κ2) is 7.66. The van der Waals surface area contributed by atoms with E-state index in [0.717, 1.165) is 5.69 Å². The molecule has 1 heterocycles. The van der Waals surface area contributed by atoms with Gasteiger partial charge in [0.05, 0.1) is 16.3 Å². The number of benzene rings is 2. The third-order valence-corrected chi connectivity index (χ3v) is 3.64. The first-order valence-electron chi connectivity index (χ1n) is 7.56. The smallest absolute Gasteiger partial charge is 0.338 e. The van der Waals surface area contributed by atoms with Crippen LogP contribution in [0, 0.1) is 0 Å². The number of aromatic nitrogens is 3. The molecule has 0 unspecified atom stereocenters. The molecule has 0 atom stereocenters. The van der Waals surface area contributed by atoms with Gasteiger partial charge in [-0.3, -0.25) is 0 Å². The van der Waals surface area contributed by atoms with Crippen LogP contribution >= 0.6 is 11.6 Å². The monoisotopic (exact) mass is 370 g/mol. The van der Waals surface area contributed by atoms with Crippen LogP contribution in [-0.4, -0.2) is 20.9 Å². The van der Waals surface area contributed by atoms with Crippen molar-refractivity contribution in [3.63, 3.8) is 0 Å². The van der Waals surface area contributed by atoms with E-state index < -0.39 is 5.97 Å². The van der Waals surface area contributed by atoms with E-state index in [1.54, 1.807) is 0 Å². The van der Waals surface area contributed by atoms with Crippen LogP contribution in [0.4, 0.5) is 23.3 Å². The molecule has 0 amide bonds. The van der Waals surface area contributed by atoms with Crippen LogP contribution in [0.5, 0.6) is 0 Å². The number of nitrogens with two attached hydrogens (primary N) is 2. The average molecular weight is 371 g/mol. The maximum Gasteiger partial charge on any atom is 0.338 e. The van der Waals surface area contributed by atoms with Crippen LogP contribution in [0.2, 0.25) is 5.02 Å². The zero-order valence-electron chi connectivity index (χ0n) is 13.5. The summed E-state index contributed by atoms with van der Waals surface area (Å²) in [5, 5.41) is 3.37. The van der Waals surface area contributed by atoms with Crippen molar-refractivity contribution in [2.45, 2.75) is 6.61 Å². The predicted octanol–water partition coefficient (Wildman–Crippen LogP) is 2.79. The van der Waals surface area contributed by atoms with Gasteiger partial charge in [-0.1, -0.05) is 29.8 Å². The van der Waals surface area contributed by atoms with Crippen LogP contribution in [0.1, 0.15) is 16.2 Å². The highest BCUT2D eigenvalue weighted by molar-refractivity contribution is 6.33. The molecule has 0 fully saturated rings. The molecule has 132 valence electrons. The highest BCUT2D eigenvalue weighted by Crippen LogP contribution is 2.20. The van der Waals surface area contributed by atoms with E-state index in [4.69, 9.17) is 27.8 Å². The van der Waals surface area contributed by atoms with Gasteiger partial charge in [-0.25, -0.2) is 4.79 Å². The van der Waals surface area contributed by atoms with E-state index in [2.05, 4.69) is 20.3 Å². The van der Waals surface area contributed by atoms with Crippen molar-refractivity contribution in [2.75, 3.05) is 16.8 Å². The molecule has 0 bridgehead atoms. The highest BCUT2D eigenvalue weighted by Gasteiger charge is 2.12. The summed E-state index contributed by atoms with van der Waals surface area (Å²) in [5.41, 5.74) is 12.7. The minimum Gasteiger partial charge on any atom is -0.454 e. The summed E-state index contributed by atoms with van der Waals surface area (Å²) in [7, 11) is 0. The first kappa shape index (κ1) is 17.4. The quantitative estimate of drug-likeness (QED) is 0.461. The Labute approximate surface area is 154 Å². The first-order valence-corrected chi connectivity index (χ1v) is 7.94. The van der Waals surface area contributed by atoms with Crippen LogP contribution in [0.15, 0.2) is 48.5 Å². The summed E-state index contributed by atoms with van der Waals surface area (Å²) in [6, 6.07) is 13.8. The van der Waals surface area contributed by atoms with Crippen LogP contribution < -0.4 is 16.8 Å². The minimum absolute atomic E-state index is 0.0141. The molecule has 0 radical (unpaired) electrons. The van der Waals surface area contributed by atoms with Crippen LogP contribution in [-0.2, 0) is 11.3 Å². The van der Waals surface area contributed by atoms with Gasteiger partial charge in [-0.05, 0) is 30.3 Å².